The van der Waals surface area contributed by atoms with Crippen LogP contribution in [0.5, 0.6) is 0 Å². The summed E-state index contributed by atoms with van der Waals surface area (Å²) in [6.07, 6.45) is 5.04. The molecule has 1 aliphatic carbocycles. The van der Waals surface area contributed by atoms with E-state index in [9.17, 15) is 14.4 Å². The van der Waals surface area contributed by atoms with Gasteiger partial charge in [0.2, 0.25) is 11.8 Å². The third-order valence-electron chi connectivity index (χ3n) is 5.97. The van der Waals surface area contributed by atoms with E-state index in [4.69, 9.17) is 0 Å². The fraction of sp³-hybridized carbons (Fsp3) is 0.320. The summed E-state index contributed by atoms with van der Waals surface area (Å²) < 4.78 is 0. The second-order valence-electron chi connectivity index (χ2n) is 8.34. The van der Waals surface area contributed by atoms with E-state index in [-0.39, 0.29) is 29.6 Å². The highest BCUT2D eigenvalue weighted by atomic mass is 16.2. The van der Waals surface area contributed by atoms with Crippen LogP contribution in [0.25, 0.3) is 0 Å². The van der Waals surface area contributed by atoms with Crippen LogP contribution in [0.15, 0.2) is 66.7 Å². The van der Waals surface area contributed by atoms with Crippen molar-refractivity contribution in [1.82, 2.24) is 15.6 Å². The Labute approximate surface area is 188 Å². The highest BCUT2D eigenvalue weighted by Gasteiger charge is 2.42. The van der Waals surface area contributed by atoms with Crippen molar-refractivity contribution in [1.29, 1.82) is 0 Å². The Bertz CT molecular complexity index is 1020. The van der Waals surface area contributed by atoms with Gasteiger partial charge in [0.15, 0.2) is 0 Å². The van der Waals surface area contributed by atoms with E-state index in [1.807, 2.05) is 37.4 Å². The monoisotopic (exact) mass is 432 g/mol. The lowest BCUT2D eigenvalue weighted by Gasteiger charge is -2.38. The number of rotatable bonds is 7. The number of anilines is 1. The first-order valence-electron chi connectivity index (χ1n) is 10.9. The Kier molecular flexibility index (Phi) is 6.66. The number of nitrogens with zero attached hydrogens (tertiary/aromatic N) is 2. The minimum Gasteiger partial charge on any atom is -0.351 e. The van der Waals surface area contributed by atoms with E-state index < -0.39 is 0 Å². The summed E-state index contributed by atoms with van der Waals surface area (Å²) in [5, 5.41) is 4.22. The molecule has 2 aromatic rings. The topological polar surface area (TPSA) is 81.8 Å². The van der Waals surface area contributed by atoms with Gasteiger partial charge in [-0.2, -0.15) is 0 Å². The van der Waals surface area contributed by atoms with Gasteiger partial charge < -0.3 is 10.2 Å². The molecule has 3 amide bonds. The first kappa shape index (κ1) is 21.8. The Morgan fingerprint density at radius 2 is 1.81 bits per heavy atom. The van der Waals surface area contributed by atoms with Crippen molar-refractivity contribution in [2.24, 2.45) is 11.8 Å². The van der Waals surface area contributed by atoms with Gasteiger partial charge in [0.05, 0.1) is 17.5 Å². The maximum absolute atomic E-state index is 13.0. The molecule has 0 bridgehead atoms. The second-order valence-corrected chi connectivity index (χ2v) is 8.34. The fourth-order valence-corrected chi connectivity index (χ4v) is 4.21. The summed E-state index contributed by atoms with van der Waals surface area (Å²) in [5.41, 5.74) is 4.86. The lowest BCUT2D eigenvalue weighted by molar-refractivity contribution is -0.139. The molecule has 166 valence electrons. The Morgan fingerprint density at radius 1 is 1.06 bits per heavy atom. The second kappa shape index (κ2) is 9.78. The van der Waals surface area contributed by atoms with Crippen molar-refractivity contribution < 1.29 is 14.4 Å². The summed E-state index contributed by atoms with van der Waals surface area (Å²) in [5.74, 6) is -1.18. The molecule has 0 radical (unpaired) electrons. The molecule has 1 heterocycles. The molecule has 7 heteroatoms. The summed E-state index contributed by atoms with van der Waals surface area (Å²) in [4.78, 5) is 40.3. The van der Waals surface area contributed by atoms with E-state index in [0.29, 0.717) is 37.2 Å². The van der Waals surface area contributed by atoms with Gasteiger partial charge in [-0.1, -0.05) is 48.6 Å². The molecule has 2 N–H and O–H groups in total. The van der Waals surface area contributed by atoms with Gasteiger partial charge in [-0.15, -0.1) is 0 Å². The minimum absolute atomic E-state index is 0.140. The zero-order chi connectivity index (χ0) is 22.5. The molecule has 32 heavy (non-hydrogen) atoms. The molecule has 4 rings (SSSR count). The normalized spacial score (nSPS) is 20.1. The molecule has 0 aromatic heterocycles. The van der Waals surface area contributed by atoms with E-state index in [0.717, 1.165) is 6.54 Å². The third kappa shape index (κ3) is 4.89. The van der Waals surface area contributed by atoms with Crippen LogP contribution in [0.2, 0.25) is 0 Å². The predicted octanol–water partition coefficient (Wildman–Crippen LogP) is 2.51. The zero-order valence-corrected chi connectivity index (χ0v) is 18.2. The molecule has 2 aromatic carbocycles. The van der Waals surface area contributed by atoms with Crippen LogP contribution in [0.1, 0.15) is 28.8 Å². The highest BCUT2D eigenvalue weighted by molar-refractivity contribution is 6.05. The number of carbonyl (C=O) groups is 3. The van der Waals surface area contributed by atoms with Gasteiger partial charge >= 0.3 is 0 Å². The first-order chi connectivity index (χ1) is 15.5. The number of hydrogen-bond donors (Lipinski definition) is 2. The van der Waals surface area contributed by atoms with Crippen molar-refractivity contribution in [3.63, 3.8) is 0 Å². The third-order valence-corrected chi connectivity index (χ3v) is 5.97. The van der Waals surface area contributed by atoms with Crippen LogP contribution in [0.3, 0.4) is 0 Å². The van der Waals surface area contributed by atoms with Crippen LogP contribution >= 0.6 is 0 Å². The lowest BCUT2D eigenvalue weighted by atomic mass is 9.80. The van der Waals surface area contributed by atoms with Crippen molar-refractivity contribution in [3.05, 3.63) is 77.9 Å². The van der Waals surface area contributed by atoms with Crippen molar-refractivity contribution in [2.45, 2.75) is 19.4 Å². The van der Waals surface area contributed by atoms with Gasteiger partial charge in [0.25, 0.3) is 5.91 Å². The Hall–Kier alpha value is -3.45. The number of nitrogens with one attached hydrogen (secondary N) is 2. The molecule has 2 unspecified atom stereocenters. The molecule has 2 aliphatic rings. The number of hydrazine groups is 1. The molecule has 2 atom stereocenters. The SMILES string of the molecule is CN(CCNC(=O)c1cccc(N2NC(=O)C3CC=CCC3C2=O)c1)Cc1ccccc1. The summed E-state index contributed by atoms with van der Waals surface area (Å²) in [7, 11) is 2.01. The van der Waals surface area contributed by atoms with Crippen LogP contribution in [0, 0.1) is 11.8 Å². The van der Waals surface area contributed by atoms with Gasteiger partial charge in [0.1, 0.15) is 0 Å². The quantitative estimate of drug-likeness (QED) is 0.659. The van der Waals surface area contributed by atoms with Gasteiger partial charge in [-0.3, -0.25) is 19.8 Å². The molecule has 1 saturated heterocycles. The largest absolute Gasteiger partial charge is 0.351 e. The maximum Gasteiger partial charge on any atom is 0.251 e. The molecule has 1 aliphatic heterocycles. The van der Waals surface area contributed by atoms with Gasteiger partial charge in [-0.25, -0.2) is 5.01 Å². The Morgan fingerprint density at radius 3 is 2.59 bits per heavy atom. The van der Waals surface area contributed by atoms with Crippen molar-refractivity contribution in [2.75, 3.05) is 25.1 Å². The predicted molar refractivity (Wildman–Crippen MR) is 123 cm³/mol. The molecule has 0 saturated carbocycles. The number of amides is 3. The minimum atomic E-state index is -0.355. The van der Waals surface area contributed by atoms with Crippen molar-refractivity contribution in [3.8, 4) is 0 Å². The average Bonchev–Trinajstić information content (AvgIpc) is 2.82. The van der Waals surface area contributed by atoms with E-state index in [2.05, 4.69) is 27.8 Å². The number of fused-ring (bicyclic) bond motifs is 1. The van der Waals surface area contributed by atoms with Gasteiger partial charge in [-0.05, 0) is 43.7 Å². The number of hydrogen-bond acceptors (Lipinski definition) is 4. The van der Waals surface area contributed by atoms with Crippen LogP contribution in [-0.2, 0) is 16.1 Å². The Balaban J connectivity index is 1.35. The molecule has 1 fully saturated rings. The summed E-state index contributed by atoms with van der Waals surface area (Å²) in [6, 6.07) is 17.0. The standard InChI is InChI=1S/C25H28N4O3/c1-28(17-18-8-3-2-4-9-18)15-14-26-23(30)19-10-7-11-20(16-19)29-25(32)22-13-6-5-12-21(22)24(31)27-29/h2-11,16,21-22H,12-15,17H2,1H3,(H,26,30)(H,27,31). The molecule has 0 spiro atoms. The van der Waals surface area contributed by atoms with Crippen LogP contribution in [0.4, 0.5) is 5.69 Å². The number of likely N-dealkylation sites (N-methyl/N-ethyl adjacent to an activating group) is 1. The average molecular weight is 433 g/mol. The molecular weight excluding hydrogens is 404 g/mol. The van der Waals surface area contributed by atoms with Crippen molar-refractivity contribution >= 4 is 23.4 Å². The van der Waals surface area contributed by atoms with E-state index in [1.54, 1.807) is 24.3 Å². The molecular formula is C25H28N4O3. The van der Waals surface area contributed by atoms with E-state index >= 15 is 0 Å². The first-order valence-corrected chi connectivity index (χ1v) is 10.9. The van der Waals surface area contributed by atoms with Crippen LogP contribution in [-0.4, -0.2) is 42.8 Å². The number of allylic oxidation sites excluding steroid dienone is 2. The maximum atomic E-state index is 13.0. The number of benzene rings is 2. The van der Waals surface area contributed by atoms with E-state index in [1.165, 1.54) is 10.6 Å². The summed E-state index contributed by atoms with van der Waals surface area (Å²) in [6.45, 7) is 2.01. The van der Waals surface area contributed by atoms with Gasteiger partial charge in [0, 0.05) is 25.2 Å². The fourth-order valence-electron chi connectivity index (χ4n) is 4.21. The smallest absolute Gasteiger partial charge is 0.251 e. The number of carbonyl (C=O) groups excluding carboxylic acids is 3. The highest BCUT2D eigenvalue weighted by Crippen LogP contribution is 2.32. The zero-order valence-electron chi connectivity index (χ0n) is 18.2. The van der Waals surface area contributed by atoms with Crippen LogP contribution < -0.4 is 15.8 Å². The summed E-state index contributed by atoms with van der Waals surface area (Å²) >= 11 is 0. The lowest BCUT2D eigenvalue weighted by Crippen LogP contribution is -2.59. The molecule has 7 nitrogen and oxygen atoms in total.